The minimum absolute atomic E-state index is 0.0356. The summed E-state index contributed by atoms with van der Waals surface area (Å²) in [7, 11) is 1.95. The molecule has 13 heteroatoms. The molecule has 2 saturated heterocycles. The van der Waals surface area contributed by atoms with Gasteiger partial charge in [-0.05, 0) is 57.5 Å². The molecule has 2 aromatic heterocycles. The number of halogens is 5. The highest BCUT2D eigenvalue weighted by atomic mass is 35.5. The van der Waals surface area contributed by atoms with Gasteiger partial charge in [0.05, 0.1) is 27.8 Å². The lowest BCUT2D eigenvalue weighted by Gasteiger charge is -2.27. The van der Waals surface area contributed by atoms with Gasteiger partial charge in [-0.3, -0.25) is 4.90 Å². The largest absolute Gasteiger partial charge is 0.428 e. The third-order valence-corrected chi connectivity index (χ3v) is 8.87. The minimum atomic E-state index is -2.96. The smallest absolute Gasteiger partial charge is 0.324 e. The minimum Gasteiger partial charge on any atom is -0.428 e. The van der Waals surface area contributed by atoms with E-state index in [4.69, 9.17) is 22.1 Å². The summed E-state index contributed by atoms with van der Waals surface area (Å²) in [4.78, 5) is 16.6. The van der Waals surface area contributed by atoms with Crippen molar-refractivity contribution < 1.29 is 22.3 Å². The summed E-state index contributed by atoms with van der Waals surface area (Å²) >= 11 is 7.59. The standard InChI is InChI=1S/C28H27ClF4N6OS/c1-14(19-6-5-10-38(19)2)40-27-36-22-16(25(37-27)39-11-4-3-9-28(32,33)13-39)12-17(29)20(21(22)31)15-7-8-18(30)24-23(15)35-26(34)41-24/h7-8,12,19H,1,3-6,9-11,13H2,2H3,(H2,34,35)/t19-/m0/s1. The molecule has 0 saturated carbocycles. The first-order valence-electron chi connectivity index (χ1n) is 13.3. The molecule has 2 aliphatic heterocycles. The van der Waals surface area contributed by atoms with Crippen molar-refractivity contribution in [3.63, 3.8) is 0 Å². The Morgan fingerprint density at radius 3 is 2.71 bits per heavy atom. The molecular weight excluding hydrogens is 580 g/mol. The summed E-state index contributed by atoms with van der Waals surface area (Å²) in [5.74, 6) is -3.88. The maximum absolute atomic E-state index is 16.5. The second kappa shape index (κ2) is 10.6. The van der Waals surface area contributed by atoms with Crippen molar-refractivity contribution in [2.24, 2.45) is 0 Å². The number of nitrogens with zero attached hydrogens (tertiary/aromatic N) is 5. The van der Waals surface area contributed by atoms with E-state index in [9.17, 15) is 13.2 Å². The Morgan fingerprint density at radius 2 is 1.95 bits per heavy atom. The van der Waals surface area contributed by atoms with Gasteiger partial charge in [0.2, 0.25) is 0 Å². The summed E-state index contributed by atoms with van der Waals surface area (Å²) in [5, 5.41) is 0.231. The number of aromatic nitrogens is 3. The van der Waals surface area contributed by atoms with E-state index in [1.54, 1.807) is 0 Å². The van der Waals surface area contributed by atoms with Crippen LogP contribution in [0.1, 0.15) is 32.1 Å². The Bertz CT molecular complexity index is 1680. The third kappa shape index (κ3) is 5.17. The van der Waals surface area contributed by atoms with E-state index >= 15 is 4.39 Å². The van der Waals surface area contributed by atoms with E-state index in [0.717, 1.165) is 30.7 Å². The molecule has 216 valence electrons. The van der Waals surface area contributed by atoms with Crippen LogP contribution >= 0.6 is 22.9 Å². The average molecular weight is 607 g/mol. The van der Waals surface area contributed by atoms with Gasteiger partial charge in [0.25, 0.3) is 5.92 Å². The molecule has 4 aromatic rings. The van der Waals surface area contributed by atoms with Crippen LogP contribution in [0, 0.1) is 11.6 Å². The zero-order chi connectivity index (χ0) is 29.1. The predicted molar refractivity (Wildman–Crippen MR) is 154 cm³/mol. The number of fused-ring (bicyclic) bond motifs is 2. The fourth-order valence-electron chi connectivity index (χ4n) is 5.69. The van der Waals surface area contributed by atoms with Crippen molar-refractivity contribution in [1.82, 2.24) is 19.9 Å². The molecule has 2 fully saturated rings. The lowest BCUT2D eigenvalue weighted by Crippen LogP contribution is -2.36. The third-order valence-electron chi connectivity index (χ3n) is 7.68. The number of alkyl halides is 2. The number of benzene rings is 2. The van der Waals surface area contributed by atoms with Gasteiger partial charge in [-0.15, -0.1) is 0 Å². The van der Waals surface area contributed by atoms with Gasteiger partial charge in [-0.25, -0.2) is 22.5 Å². The number of likely N-dealkylation sites (tertiary alicyclic amines) is 1. The molecule has 0 aliphatic carbocycles. The lowest BCUT2D eigenvalue weighted by molar-refractivity contribution is 0.00338. The Balaban J connectivity index is 1.55. The molecule has 41 heavy (non-hydrogen) atoms. The summed E-state index contributed by atoms with van der Waals surface area (Å²) in [6.45, 7) is 4.60. The summed E-state index contributed by atoms with van der Waals surface area (Å²) in [5.41, 5.74) is 5.97. The SMILES string of the molecule is C=C(Oc1nc(N2CCCCC(F)(F)C2)c2cc(Cl)c(-c3ccc(F)c4sc(N)nc34)c(F)c2n1)[C@@H]1CCCN1C. The highest BCUT2D eigenvalue weighted by Gasteiger charge is 2.36. The van der Waals surface area contributed by atoms with Crippen molar-refractivity contribution >= 4 is 55.0 Å². The highest BCUT2D eigenvalue weighted by Crippen LogP contribution is 2.43. The fraction of sp³-hybridized carbons (Fsp3) is 0.393. The molecule has 6 rings (SSSR count). The second-order valence-corrected chi connectivity index (χ2v) is 12.0. The van der Waals surface area contributed by atoms with E-state index in [1.165, 1.54) is 23.1 Å². The van der Waals surface area contributed by atoms with Crippen LogP contribution in [0.15, 0.2) is 30.5 Å². The number of hydrogen-bond donors (Lipinski definition) is 1. The van der Waals surface area contributed by atoms with Crippen molar-refractivity contribution in [1.29, 1.82) is 0 Å². The number of likely N-dealkylation sites (N-methyl/N-ethyl adjacent to an activating group) is 1. The van der Waals surface area contributed by atoms with Crippen LogP contribution in [0.5, 0.6) is 6.01 Å². The number of hydrogen-bond acceptors (Lipinski definition) is 8. The van der Waals surface area contributed by atoms with E-state index in [-0.39, 0.29) is 73.2 Å². The Kier molecular flexibility index (Phi) is 7.19. The summed E-state index contributed by atoms with van der Waals surface area (Å²) in [6.07, 6.45) is 2.37. The first kappa shape index (κ1) is 27.9. The maximum Gasteiger partial charge on any atom is 0.324 e. The molecule has 0 spiro atoms. The van der Waals surface area contributed by atoms with Crippen LogP contribution < -0.4 is 15.4 Å². The quantitative estimate of drug-likeness (QED) is 0.193. The summed E-state index contributed by atoms with van der Waals surface area (Å²) < 4.78 is 66.6. The van der Waals surface area contributed by atoms with Crippen LogP contribution in [0.2, 0.25) is 5.02 Å². The van der Waals surface area contributed by atoms with Crippen molar-refractivity contribution in [3.05, 3.63) is 47.2 Å². The fourth-order valence-corrected chi connectivity index (χ4v) is 6.75. The van der Waals surface area contributed by atoms with Gasteiger partial charge >= 0.3 is 6.01 Å². The zero-order valence-electron chi connectivity index (χ0n) is 22.2. The van der Waals surface area contributed by atoms with Crippen molar-refractivity contribution in [3.8, 4) is 17.1 Å². The maximum atomic E-state index is 16.5. The molecule has 4 heterocycles. The van der Waals surface area contributed by atoms with Gasteiger partial charge in [0.15, 0.2) is 10.9 Å². The molecule has 1 atom stereocenters. The molecule has 7 nitrogen and oxygen atoms in total. The van der Waals surface area contributed by atoms with Crippen molar-refractivity contribution in [2.45, 2.75) is 44.1 Å². The second-order valence-electron chi connectivity index (χ2n) is 10.5. The highest BCUT2D eigenvalue weighted by molar-refractivity contribution is 7.22. The topological polar surface area (TPSA) is 80.4 Å². The van der Waals surface area contributed by atoms with Crippen molar-refractivity contribution in [2.75, 3.05) is 37.3 Å². The van der Waals surface area contributed by atoms with Gasteiger partial charge in [-0.1, -0.05) is 29.5 Å². The first-order valence-corrected chi connectivity index (χ1v) is 14.5. The Hall–Kier alpha value is -3.22. The molecule has 2 aliphatic rings. The summed E-state index contributed by atoms with van der Waals surface area (Å²) in [6, 6.07) is 3.71. The number of anilines is 2. The van der Waals surface area contributed by atoms with Crippen LogP contribution in [-0.4, -0.2) is 58.5 Å². The number of ether oxygens (including phenoxy) is 1. The van der Waals surface area contributed by atoms with E-state index in [2.05, 4.69) is 26.4 Å². The predicted octanol–water partition coefficient (Wildman–Crippen LogP) is 7.03. The number of rotatable bonds is 5. The number of nitrogens with two attached hydrogens (primary N) is 1. The Labute approximate surface area is 242 Å². The molecule has 2 aromatic carbocycles. The molecule has 0 unspecified atom stereocenters. The molecule has 0 radical (unpaired) electrons. The van der Waals surface area contributed by atoms with Gasteiger partial charge in [0.1, 0.15) is 22.9 Å². The van der Waals surface area contributed by atoms with Crippen LogP contribution in [0.25, 0.3) is 32.2 Å². The van der Waals surface area contributed by atoms with Crippen LogP contribution in [-0.2, 0) is 0 Å². The lowest BCUT2D eigenvalue weighted by atomic mass is 10.0. The van der Waals surface area contributed by atoms with Gasteiger partial charge in [0, 0.05) is 29.5 Å². The van der Waals surface area contributed by atoms with Crippen LogP contribution in [0.3, 0.4) is 0 Å². The molecule has 2 N–H and O–H groups in total. The van der Waals surface area contributed by atoms with Crippen LogP contribution in [0.4, 0.5) is 28.5 Å². The van der Waals surface area contributed by atoms with Gasteiger partial charge in [-0.2, -0.15) is 9.97 Å². The molecular formula is C28H27ClF4N6OS. The Morgan fingerprint density at radius 1 is 1.15 bits per heavy atom. The normalized spacial score (nSPS) is 19.7. The zero-order valence-corrected chi connectivity index (χ0v) is 23.8. The number of nitrogen functional groups attached to an aromatic ring is 1. The van der Waals surface area contributed by atoms with Gasteiger partial charge < -0.3 is 15.4 Å². The van der Waals surface area contributed by atoms with E-state index in [1.807, 2.05) is 7.05 Å². The van der Waals surface area contributed by atoms with E-state index < -0.39 is 24.1 Å². The number of thiazole rings is 1. The average Bonchev–Trinajstić information content (AvgIpc) is 3.47. The monoisotopic (exact) mass is 606 g/mol. The molecule has 0 bridgehead atoms. The first-order chi connectivity index (χ1) is 19.5. The van der Waals surface area contributed by atoms with E-state index in [0.29, 0.717) is 18.6 Å². The molecule has 0 amide bonds.